The molecule has 0 aromatic heterocycles. The van der Waals surface area contributed by atoms with Gasteiger partial charge >= 0.3 is 0 Å². The topological polar surface area (TPSA) is 67.2 Å². The predicted molar refractivity (Wildman–Crippen MR) is 61.2 cm³/mol. The zero-order chi connectivity index (χ0) is 11.1. The second kappa shape index (κ2) is 6.03. The Kier molecular flexibility index (Phi) is 4.63. The van der Waals surface area contributed by atoms with E-state index in [-0.39, 0.29) is 5.91 Å². The fraction of sp³-hybridized carbons (Fsp3) is 0.364. The number of carbonyl (C=O) groups excluding carboxylic acids is 1. The summed E-state index contributed by atoms with van der Waals surface area (Å²) in [6.45, 7) is 1.36. The summed E-state index contributed by atoms with van der Waals surface area (Å²) in [6, 6.07) is 7.70. The van der Waals surface area contributed by atoms with E-state index in [1.165, 1.54) is 0 Å². The van der Waals surface area contributed by atoms with E-state index in [0.29, 0.717) is 19.5 Å². The molecular formula is C11H17N3O. The van der Waals surface area contributed by atoms with Crippen molar-refractivity contribution in [3.63, 3.8) is 0 Å². The number of rotatable bonds is 5. The Morgan fingerprint density at radius 2 is 2.13 bits per heavy atom. The lowest BCUT2D eigenvalue weighted by Gasteiger charge is -2.06. The maximum absolute atomic E-state index is 10.9. The molecule has 0 aliphatic heterocycles. The molecule has 1 rings (SSSR count). The highest BCUT2D eigenvalue weighted by atomic mass is 16.1. The lowest BCUT2D eigenvalue weighted by atomic mass is 10.2. The lowest BCUT2D eigenvalue weighted by Crippen LogP contribution is -2.24. The molecule has 0 radical (unpaired) electrons. The SMILES string of the molecule is CNC(=O)CCNCc1ccccc1N. The summed E-state index contributed by atoms with van der Waals surface area (Å²) < 4.78 is 0. The summed E-state index contributed by atoms with van der Waals surface area (Å²) in [4.78, 5) is 10.9. The Hall–Kier alpha value is -1.55. The third-order valence-electron chi connectivity index (χ3n) is 2.18. The van der Waals surface area contributed by atoms with Gasteiger partial charge in [0, 0.05) is 32.2 Å². The molecule has 0 aliphatic carbocycles. The number of para-hydroxylation sites is 1. The number of anilines is 1. The van der Waals surface area contributed by atoms with Crippen LogP contribution in [0.1, 0.15) is 12.0 Å². The third-order valence-corrected chi connectivity index (χ3v) is 2.18. The molecular weight excluding hydrogens is 190 g/mol. The smallest absolute Gasteiger partial charge is 0.221 e. The minimum Gasteiger partial charge on any atom is -0.398 e. The second-order valence-corrected chi connectivity index (χ2v) is 3.30. The van der Waals surface area contributed by atoms with Gasteiger partial charge in [-0.15, -0.1) is 0 Å². The van der Waals surface area contributed by atoms with E-state index in [4.69, 9.17) is 5.73 Å². The first-order valence-corrected chi connectivity index (χ1v) is 4.98. The van der Waals surface area contributed by atoms with Gasteiger partial charge in [-0.2, -0.15) is 0 Å². The number of benzene rings is 1. The molecule has 0 spiro atoms. The number of nitrogens with one attached hydrogen (secondary N) is 2. The van der Waals surface area contributed by atoms with Crippen LogP contribution in [0.4, 0.5) is 5.69 Å². The van der Waals surface area contributed by atoms with Crippen molar-refractivity contribution in [1.82, 2.24) is 10.6 Å². The quantitative estimate of drug-likeness (QED) is 0.486. The Morgan fingerprint density at radius 1 is 1.40 bits per heavy atom. The summed E-state index contributed by atoms with van der Waals surface area (Å²) in [5.74, 6) is 0.0449. The van der Waals surface area contributed by atoms with Crippen molar-refractivity contribution < 1.29 is 4.79 Å². The van der Waals surface area contributed by atoms with Gasteiger partial charge < -0.3 is 16.4 Å². The first kappa shape index (κ1) is 11.5. The van der Waals surface area contributed by atoms with E-state index in [2.05, 4.69) is 10.6 Å². The van der Waals surface area contributed by atoms with Gasteiger partial charge in [0.1, 0.15) is 0 Å². The van der Waals surface area contributed by atoms with Gasteiger partial charge in [-0.05, 0) is 11.6 Å². The minimum atomic E-state index is 0.0449. The monoisotopic (exact) mass is 207 g/mol. The number of hydrogen-bond donors (Lipinski definition) is 3. The Morgan fingerprint density at radius 3 is 2.80 bits per heavy atom. The fourth-order valence-electron chi connectivity index (χ4n) is 1.25. The lowest BCUT2D eigenvalue weighted by molar-refractivity contribution is -0.120. The molecule has 0 unspecified atom stereocenters. The van der Waals surface area contributed by atoms with Gasteiger partial charge in [0.2, 0.25) is 5.91 Å². The van der Waals surface area contributed by atoms with E-state index in [0.717, 1.165) is 11.3 Å². The van der Waals surface area contributed by atoms with Crippen molar-refractivity contribution >= 4 is 11.6 Å². The first-order chi connectivity index (χ1) is 7.24. The van der Waals surface area contributed by atoms with Gasteiger partial charge in [-0.3, -0.25) is 4.79 Å². The van der Waals surface area contributed by atoms with Crippen molar-refractivity contribution in [3.05, 3.63) is 29.8 Å². The van der Waals surface area contributed by atoms with Crippen LogP contribution in [-0.4, -0.2) is 19.5 Å². The zero-order valence-electron chi connectivity index (χ0n) is 8.92. The third kappa shape index (κ3) is 3.99. The van der Waals surface area contributed by atoms with Crippen LogP contribution in [0.25, 0.3) is 0 Å². The maximum atomic E-state index is 10.9. The molecule has 0 aliphatic rings. The molecule has 1 amide bonds. The van der Waals surface area contributed by atoms with E-state index in [9.17, 15) is 4.79 Å². The largest absolute Gasteiger partial charge is 0.398 e. The number of nitrogen functional groups attached to an aromatic ring is 1. The van der Waals surface area contributed by atoms with Crippen molar-refractivity contribution in [2.75, 3.05) is 19.3 Å². The summed E-state index contributed by atoms with van der Waals surface area (Å²) in [6.07, 6.45) is 0.489. The van der Waals surface area contributed by atoms with Gasteiger partial charge in [0.05, 0.1) is 0 Å². The Bertz CT molecular complexity index is 325. The molecule has 4 heteroatoms. The molecule has 15 heavy (non-hydrogen) atoms. The van der Waals surface area contributed by atoms with Crippen LogP contribution < -0.4 is 16.4 Å². The molecule has 1 aromatic carbocycles. The van der Waals surface area contributed by atoms with Crippen LogP contribution in [-0.2, 0) is 11.3 Å². The Labute approximate surface area is 89.9 Å². The van der Waals surface area contributed by atoms with Crippen LogP contribution in [0.2, 0.25) is 0 Å². The van der Waals surface area contributed by atoms with Crippen molar-refractivity contribution in [3.8, 4) is 0 Å². The molecule has 0 bridgehead atoms. The molecule has 0 atom stereocenters. The van der Waals surface area contributed by atoms with E-state index >= 15 is 0 Å². The van der Waals surface area contributed by atoms with Gasteiger partial charge in [-0.1, -0.05) is 18.2 Å². The molecule has 0 saturated carbocycles. The molecule has 4 nitrogen and oxygen atoms in total. The molecule has 0 fully saturated rings. The van der Waals surface area contributed by atoms with Gasteiger partial charge in [0.25, 0.3) is 0 Å². The number of nitrogens with two attached hydrogens (primary N) is 1. The van der Waals surface area contributed by atoms with Crippen molar-refractivity contribution in [2.45, 2.75) is 13.0 Å². The second-order valence-electron chi connectivity index (χ2n) is 3.30. The highest BCUT2D eigenvalue weighted by molar-refractivity contribution is 5.75. The van der Waals surface area contributed by atoms with Crippen LogP contribution in [0.3, 0.4) is 0 Å². The summed E-state index contributed by atoms with van der Waals surface area (Å²) >= 11 is 0. The Balaban J connectivity index is 2.26. The van der Waals surface area contributed by atoms with Crippen LogP contribution in [0.5, 0.6) is 0 Å². The van der Waals surface area contributed by atoms with Gasteiger partial charge in [-0.25, -0.2) is 0 Å². The van der Waals surface area contributed by atoms with Crippen LogP contribution in [0.15, 0.2) is 24.3 Å². The van der Waals surface area contributed by atoms with Crippen LogP contribution in [0, 0.1) is 0 Å². The normalized spacial score (nSPS) is 9.93. The summed E-state index contributed by atoms with van der Waals surface area (Å²) in [7, 11) is 1.64. The molecule has 82 valence electrons. The number of carbonyl (C=O) groups is 1. The first-order valence-electron chi connectivity index (χ1n) is 4.98. The van der Waals surface area contributed by atoms with Crippen molar-refractivity contribution in [2.24, 2.45) is 0 Å². The summed E-state index contributed by atoms with van der Waals surface area (Å²) in [5, 5.41) is 5.74. The van der Waals surface area contributed by atoms with Gasteiger partial charge in [0.15, 0.2) is 0 Å². The molecule has 4 N–H and O–H groups in total. The average molecular weight is 207 g/mol. The van der Waals surface area contributed by atoms with Crippen molar-refractivity contribution in [1.29, 1.82) is 0 Å². The molecule has 0 saturated heterocycles. The number of amides is 1. The van der Waals surface area contributed by atoms with E-state index in [1.807, 2.05) is 24.3 Å². The predicted octanol–water partition coefficient (Wildman–Crippen LogP) is 0.494. The molecule has 0 heterocycles. The average Bonchev–Trinajstić information content (AvgIpc) is 2.26. The van der Waals surface area contributed by atoms with Crippen LogP contribution >= 0.6 is 0 Å². The highest BCUT2D eigenvalue weighted by Gasteiger charge is 1.99. The highest BCUT2D eigenvalue weighted by Crippen LogP contribution is 2.09. The summed E-state index contributed by atoms with van der Waals surface area (Å²) in [5.41, 5.74) is 7.62. The van der Waals surface area contributed by atoms with E-state index < -0.39 is 0 Å². The van der Waals surface area contributed by atoms with E-state index in [1.54, 1.807) is 7.05 Å². The molecule has 1 aromatic rings. The standard InChI is InChI=1S/C11H17N3O/c1-13-11(15)6-7-14-8-9-4-2-3-5-10(9)12/h2-5,14H,6-8,12H2,1H3,(H,13,15). The zero-order valence-corrected chi connectivity index (χ0v) is 8.92. The fourth-order valence-corrected chi connectivity index (χ4v) is 1.25. The minimum absolute atomic E-state index is 0.0449. The maximum Gasteiger partial charge on any atom is 0.221 e. The number of hydrogen-bond acceptors (Lipinski definition) is 3.